The fourth-order valence-electron chi connectivity index (χ4n) is 3.96. The summed E-state index contributed by atoms with van der Waals surface area (Å²) in [7, 11) is 1.56. The number of anilines is 1. The maximum absolute atomic E-state index is 13.3. The van der Waals surface area contributed by atoms with E-state index in [2.05, 4.69) is 0 Å². The molecule has 1 heterocycles. The first-order valence-electron chi connectivity index (χ1n) is 10.4. The summed E-state index contributed by atoms with van der Waals surface area (Å²) in [5.41, 5.74) is 0.599. The van der Waals surface area contributed by atoms with Crippen LogP contribution in [0.15, 0.2) is 72.8 Å². The van der Waals surface area contributed by atoms with Gasteiger partial charge in [0, 0.05) is 11.1 Å². The molecule has 1 aliphatic heterocycles. The second-order valence-corrected chi connectivity index (χ2v) is 7.80. The molecule has 1 N–H and O–H groups in total. The number of ether oxygens (including phenoxy) is 2. The van der Waals surface area contributed by atoms with Crippen LogP contribution in [0.3, 0.4) is 0 Å². The minimum absolute atomic E-state index is 0.197. The highest BCUT2D eigenvalue weighted by Gasteiger charge is 2.50. The maximum Gasteiger partial charge on any atom is 0.264 e. The Hall–Kier alpha value is -3.64. The summed E-state index contributed by atoms with van der Waals surface area (Å²) in [6.45, 7) is 2.35. The van der Waals surface area contributed by atoms with Crippen molar-refractivity contribution in [1.29, 1.82) is 0 Å². The van der Waals surface area contributed by atoms with Crippen molar-refractivity contribution < 1.29 is 24.2 Å². The number of fused-ring (bicyclic) bond motifs is 1. The van der Waals surface area contributed by atoms with Gasteiger partial charge in [0.25, 0.3) is 5.91 Å². The molecule has 0 aromatic heterocycles. The Kier molecular flexibility index (Phi) is 5.97. The predicted octanol–water partition coefficient (Wildman–Crippen LogP) is 3.89. The zero-order chi connectivity index (χ0) is 22.7. The smallest absolute Gasteiger partial charge is 0.264 e. The van der Waals surface area contributed by atoms with E-state index in [-0.39, 0.29) is 25.4 Å². The molecule has 4 rings (SSSR count). The van der Waals surface area contributed by atoms with Gasteiger partial charge in [-0.3, -0.25) is 9.59 Å². The minimum atomic E-state index is -1.91. The molecule has 3 aromatic rings. The Balaban J connectivity index is 1.53. The molecular weight excluding hydrogens is 406 g/mol. The van der Waals surface area contributed by atoms with Gasteiger partial charge in [0.15, 0.2) is 22.9 Å². The molecule has 0 fully saturated rings. The summed E-state index contributed by atoms with van der Waals surface area (Å²) in [4.78, 5) is 27.7. The summed E-state index contributed by atoms with van der Waals surface area (Å²) in [6, 6.07) is 21.4. The predicted molar refractivity (Wildman–Crippen MR) is 121 cm³/mol. The molecule has 0 bridgehead atoms. The third-order valence-corrected chi connectivity index (χ3v) is 5.67. The molecule has 0 radical (unpaired) electrons. The molecule has 1 aliphatic rings. The van der Waals surface area contributed by atoms with Crippen LogP contribution in [-0.2, 0) is 10.4 Å². The van der Waals surface area contributed by atoms with Crippen LogP contribution in [0.25, 0.3) is 0 Å². The van der Waals surface area contributed by atoms with Gasteiger partial charge in [-0.15, -0.1) is 0 Å². The average molecular weight is 431 g/mol. The number of aryl methyl sites for hydroxylation is 1. The molecule has 1 atom stereocenters. The van der Waals surface area contributed by atoms with Crippen LogP contribution in [0.1, 0.15) is 27.9 Å². The first-order chi connectivity index (χ1) is 15.4. The van der Waals surface area contributed by atoms with Gasteiger partial charge in [-0.2, -0.15) is 0 Å². The van der Waals surface area contributed by atoms with Gasteiger partial charge >= 0.3 is 0 Å². The number of hydrogen-bond acceptors (Lipinski definition) is 5. The van der Waals surface area contributed by atoms with E-state index >= 15 is 0 Å². The quantitative estimate of drug-likeness (QED) is 0.548. The third-order valence-electron chi connectivity index (χ3n) is 5.67. The number of methoxy groups -OCH3 is 1. The Labute approximate surface area is 187 Å². The fraction of sp³-hybridized carbons (Fsp3) is 0.231. The number of nitrogens with zero attached hydrogens (tertiary/aromatic N) is 1. The van der Waals surface area contributed by atoms with Gasteiger partial charge in [-0.05, 0) is 25.1 Å². The number of aliphatic hydroxyl groups is 1. The van der Waals surface area contributed by atoms with Crippen LogP contribution < -0.4 is 14.4 Å². The normalized spacial score (nSPS) is 17.2. The van der Waals surface area contributed by atoms with E-state index < -0.39 is 11.5 Å². The van der Waals surface area contributed by atoms with Crippen molar-refractivity contribution in [2.75, 3.05) is 25.2 Å². The standard InChI is InChI=1S/C26H25NO5/c1-18-11-13-19(14-12-18)22(28)17-26(30)20-7-3-4-8-21(20)27(25(26)29)15-16-32-24-10-6-5-9-23(24)31-2/h3-14,30H,15-17H2,1-2H3. The molecule has 164 valence electrons. The zero-order valence-corrected chi connectivity index (χ0v) is 18.1. The molecule has 0 saturated carbocycles. The highest BCUT2D eigenvalue weighted by Crippen LogP contribution is 2.42. The van der Waals surface area contributed by atoms with E-state index in [1.54, 1.807) is 55.6 Å². The molecule has 6 heteroatoms. The van der Waals surface area contributed by atoms with E-state index in [1.807, 2.05) is 31.2 Å². The lowest BCUT2D eigenvalue weighted by atomic mass is 9.88. The van der Waals surface area contributed by atoms with Crippen LogP contribution in [0, 0.1) is 6.92 Å². The van der Waals surface area contributed by atoms with Crippen LogP contribution in [0.4, 0.5) is 5.69 Å². The second-order valence-electron chi connectivity index (χ2n) is 7.80. The van der Waals surface area contributed by atoms with Crippen LogP contribution in [0.5, 0.6) is 11.5 Å². The van der Waals surface area contributed by atoms with E-state index in [4.69, 9.17) is 9.47 Å². The Morgan fingerprint density at radius 2 is 1.62 bits per heavy atom. The van der Waals surface area contributed by atoms with Crippen LogP contribution >= 0.6 is 0 Å². The maximum atomic E-state index is 13.3. The van der Waals surface area contributed by atoms with Gasteiger partial charge in [-0.25, -0.2) is 0 Å². The summed E-state index contributed by atoms with van der Waals surface area (Å²) in [5, 5.41) is 11.4. The van der Waals surface area contributed by atoms with Crippen molar-refractivity contribution in [3.63, 3.8) is 0 Å². The monoisotopic (exact) mass is 431 g/mol. The van der Waals surface area contributed by atoms with Crippen molar-refractivity contribution in [1.82, 2.24) is 0 Å². The fourth-order valence-corrected chi connectivity index (χ4v) is 3.96. The number of amides is 1. The summed E-state index contributed by atoms with van der Waals surface area (Å²) in [6.07, 6.45) is -0.324. The number of carbonyl (C=O) groups excluding carboxylic acids is 2. The molecular formula is C26H25NO5. The number of Topliss-reactive ketones (excluding diaryl/α,β-unsaturated/α-hetero) is 1. The van der Waals surface area contributed by atoms with Crippen LogP contribution in [-0.4, -0.2) is 37.1 Å². The SMILES string of the molecule is COc1ccccc1OCCN1C(=O)C(O)(CC(=O)c2ccc(C)cc2)c2ccccc21. The van der Waals surface area contributed by atoms with E-state index in [0.29, 0.717) is 28.3 Å². The topological polar surface area (TPSA) is 76.1 Å². The molecule has 1 unspecified atom stereocenters. The molecule has 0 spiro atoms. The van der Waals surface area contributed by atoms with Gasteiger partial charge < -0.3 is 19.5 Å². The van der Waals surface area contributed by atoms with Crippen molar-refractivity contribution in [2.45, 2.75) is 18.9 Å². The third kappa shape index (κ3) is 3.97. The lowest BCUT2D eigenvalue weighted by Crippen LogP contribution is -2.43. The van der Waals surface area contributed by atoms with Crippen molar-refractivity contribution in [2.24, 2.45) is 0 Å². The second kappa shape index (κ2) is 8.85. The molecule has 0 saturated heterocycles. The minimum Gasteiger partial charge on any atom is -0.493 e. The molecule has 3 aromatic carbocycles. The lowest BCUT2D eigenvalue weighted by molar-refractivity contribution is -0.135. The van der Waals surface area contributed by atoms with Gasteiger partial charge in [0.2, 0.25) is 0 Å². The molecule has 0 aliphatic carbocycles. The number of benzene rings is 3. The molecule has 32 heavy (non-hydrogen) atoms. The van der Waals surface area contributed by atoms with Crippen molar-refractivity contribution in [3.05, 3.63) is 89.5 Å². The first-order valence-corrected chi connectivity index (χ1v) is 10.4. The van der Waals surface area contributed by atoms with Crippen molar-refractivity contribution in [3.8, 4) is 11.5 Å². The highest BCUT2D eigenvalue weighted by atomic mass is 16.5. The number of carbonyl (C=O) groups is 2. The van der Waals surface area contributed by atoms with Gasteiger partial charge in [0.05, 0.1) is 25.8 Å². The lowest BCUT2D eigenvalue weighted by Gasteiger charge is -2.23. The number of ketones is 1. The highest BCUT2D eigenvalue weighted by molar-refractivity contribution is 6.10. The Bertz CT molecular complexity index is 1140. The summed E-state index contributed by atoms with van der Waals surface area (Å²) in [5.74, 6) is 0.353. The number of hydrogen-bond donors (Lipinski definition) is 1. The Morgan fingerprint density at radius 3 is 2.34 bits per heavy atom. The number of rotatable bonds is 8. The summed E-state index contributed by atoms with van der Waals surface area (Å²) < 4.78 is 11.1. The van der Waals surface area contributed by atoms with Crippen LogP contribution in [0.2, 0.25) is 0 Å². The van der Waals surface area contributed by atoms with Gasteiger partial charge in [0.1, 0.15) is 6.61 Å². The number of para-hydroxylation sites is 3. The molecule has 6 nitrogen and oxygen atoms in total. The van der Waals surface area contributed by atoms with Gasteiger partial charge in [-0.1, -0.05) is 60.2 Å². The molecule has 1 amide bonds. The van der Waals surface area contributed by atoms with E-state index in [1.165, 1.54) is 4.90 Å². The van der Waals surface area contributed by atoms with Crippen molar-refractivity contribution >= 4 is 17.4 Å². The average Bonchev–Trinajstić information content (AvgIpc) is 3.01. The zero-order valence-electron chi connectivity index (χ0n) is 18.1. The summed E-state index contributed by atoms with van der Waals surface area (Å²) >= 11 is 0. The largest absolute Gasteiger partial charge is 0.493 e. The first kappa shape index (κ1) is 21.6. The Morgan fingerprint density at radius 1 is 0.969 bits per heavy atom. The van der Waals surface area contributed by atoms with E-state index in [9.17, 15) is 14.7 Å². The van der Waals surface area contributed by atoms with E-state index in [0.717, 1.165) is 5.56 Å².